The fourth-order valence-electron chi connectivity index (χ4n) is 1.67. The van der Waals surface area contributed by atoms with Crippen molar-refractivity contribution in [1.29, 1.82) is 0 Å². The predicted molar refractivity (Wildman–Crippen MR) is 64.6 cm³/mol. The Bertz CT molecular complexity index is 587. The van der Waals surface area contributed by atoms with Gasteiger partial charge in [0.05, 0.1) is 11.9 Å². The molecule has 2 aromatic rings. The number of hydrogen-bond donors (Lipinski definition) is 1. The molecular weight excluding hydrogens is 219 g/mol. The third kappa shape index (κ3) is 2.06. The van der Waals surface area contributed by atoms with Crippen molar-refractivity contribution in [1.82, 2.24) is 9.78 Å². The number of nitrogens with zero attached hydrogens (tertiary/aromatic N) is 2. The van der Waals surface area contributed by atoms with E-state index >= 15 is 0 Å². The Labute approximate surface area is 98.8 Å². The number of aryl methyl sites for hydroxylation is 1. The Morgan fingerprint density at radius 1 is 1.47 bits per heavy atom. The van der Waals surface area contributed by atoms with Crippen molar-refractivity contribution in [3.8, 4) is 11.4 Å². The maximum absolute atomic E-state index is 13.0. The molecule has 0 spiro atoms. The van der Waals surface area contributed by atoms with Crippen molar-refractivity contribution in [2.75, 3.05) is 0 Å². The number of benzene rings is 1. The predicted octanol–water partition coefficient (Wildman–Crippen LogP) is 3.06. The lowest BCUT2D eigenvalue weighted by Crippen LogP contribution is -1.98. The third-order valence-corrected chi connectivity index (χ3v) is 2.50. The quantitative estimate of drug-likeness (QED) is 0.864. The molecule has 0 bridgehead atoms. The van der Waals surface area contributed by atoms with Crippen LogP contribution in [0.15, 0.2) is 31.0 Å². The summed E-state index contributed by atoms with van der Waals surface area (Å²) in [5.41, 5.74) is 2.62. The van der Waals surface area contributed by atoms with Crippen LogP contribution in [-0.4, -0.2) is 14.9 Å². The number of rotatable bonds is 2. The molecule has 3 nitrogen and oxygen atoms in total. The van der Waals surface area contributed by atoms with Gasteiger partial charge in [-0.15, -0.1) is 0 Å². The highest BCUT2D eigenvalue weighted by Crippen LogP contribution is 2.24. The Hall–Kier alpha value is -2.10. The second kappa shape index (κ2) is 4.05. The Balaban J connectivity index is 2.53. The molecule has 0 saturated carbocycles. The molecule has 4 heteroatoms. The summed E-state index contributed by atoms with van der Waals surface area (Å²) < 4.78 is 14.5. The molecule has 0 aliphatic heterocycles. The summed E-state index contributed by atoms with van der Waals surface area (Å²) in [6, 6.07) is 4.41. The van der Waals surface area contributed by atoms with Gasteiger partial charge in [-0.1, -0.05) is 6.58 Å². The molecule has 0 aliphatic rings. The zero-order valence-corrected chi connectivity index (χ0v) is 9.74. The lowest BCUT2D eigenvalue weighted by molar-refractivity contribution is 0.473. The third-order valence-electron chi connectivity index (χ3n) is 2.50. The minimum absolute atomic E-state index is 0.0706. The molecule has 0 radical (unpaired) electrons. The Morgan fingerprint density at radius 3 is 2.71 bits per heavy atom. The number of allylic oxidation sites excluding steroid dienone is 1. The number of hydrogen-bond acceptors (Lipinski definition) is 2. The summed E-state index contributed by atoms with van der Waals surface area (Å²) in [6.45, 7) is 7.29. The van der Waals surface area contributed by atoms with E-state index in [0.717, 1.165) is 11.3 Å². The van der Waals surface area contributed by atoms with E-state index in [1.165, 1.54) is 23.0 Å². The lowest BCUT2D eigenvalue weighted by Gasteiger charge is -2.05. The van der Waals surface area contributed by atoms with E-state index in [4.69, 9.17) is 0 Å². The van der Waals surface area contributed by atoms with Crippen LogP contribution in [0, 0.1) is 12.7 Å². The maximum Gasteiger partial charge on any atom is 0.161 e. The van der Waals surface area contributed by atoms with Crippen LogP contribution in [0.2, 0.25) is 0 Å². The first-order valence-corrected chi connectivity index (χ1v) is 5.20. The molecule has 0 atom stereocenters. The summed E-state index contributed by atoms with van der Waals surface area (Å²) in [6.07, 6.45) is 1.49. The summed E-state index contributed by atoms with van der Waals surface area (Å²) in [5, 5.41) is 13.9. The number of aromatic nitrogens is 2. The zero-order valence-electron chi connectivity index (χ0n) is 9.74. The van der Waals surface area contributed by atoms with E-state index in [2.05, 4.69) is 11.7 Å². The first kappa shape index (κ1) is 11.4. The maximum atomic E-state index is 13.0. The smallest absolute Gasteiger partial charge is 0.161 e. The van der Waals surface area contributed by atoms with E-state index in [0.29, 0.717) is 11.3 Å². The summed E-state index contributed by atoms with van der Waals surface area (Å²) in [4.78, 5) is 0. The van der Waals surface area contributed by atoms with Gasteiger partial charge in [-0.25, -0.2) is 9.07 Å². The average molecular weight is 232 g/mol. The molecule has 1 aromatic heterocycles. The molecule has 0 fully saturated rings. The van der Waals surface area contributed by atoms with Gasteiger partial charge in [0, 0.05) is 0 Å². The highest BCUT2D eigenvalue weighted by Gasteiger charge is 2.11. The molecule has 1 aromatic carbocycles. The van der Waals surface area contributed by atoms with E-state index < -0.39 is 0 Å². The molecule has 0 aliphatic carbocycles. The summed E-state index contributed by atoms with van der Waals surface area (Å²) in [5.74, 6) is -0.219. The molecule has 88 valence electrons. The SMILES string of the molecule is C=C(C)c1nn(-c2ccc(F)cc2C)cc1O. The van der Waals surface area contributed by atoms with Gasteiger partial charge in [0.25, 0.3) is 0 Å². The fourth-order valence-corrected chi connectivity index (χ4v) is 1.67. The van der Waals surface area contributed by atoms with Crippen LogP contribution >= 0.6 is 0 Å². The number of aromatic hydroxyl groups is 1. The van der Waals surface area contributed by atoms with Crippen LogP contribution in [0.5, 0.6) is 5.75 Å². The molecule has 1 N–H and O–H groups in total. The molecule has 0 amide bonds. The van der Waals surface area contributed by atoms with Crippen molar-refractivity contribution in [2.45, 2.75) is 13.8 Å². The van der Waals surface area contributed by atoms with Gasteiger partial charge < -0.3 is 5.11 Å². The van der Waals surface area contributed by atoms with Gasteiger partial charge in [-0.05, 0) is 43.2 Å². The average Bonchev–Trinajstić information content (AvgIpc) is 2.60. The van der Waals surface area contributed by atoms with Gasteiger partial charge in [0.15, 0.2) is 5.75 Å². The molecule has 17 heavy (non-hydrogen) atoms. The minimum Gasteiger partial charge on any atom is -0.504 e. The van der Waals surface area contributed by atoms with Gasteiger partial charge >= 0.3 is 0 Å². The van der Waals surface area contributed by atoms with Crippen LogP contribution in [0.1, 0.15) is 18.2 Å². The van der Waals surface area contributed by atoms with Gasteiger partial charge in [-0.3, -0.25) is 0 Å². The van der Waals surface area contributed by atoms with Gasteiger partial charge in [0.2, 0.25) is 0 Å². The standard InChI is InChI=1S/C13H13FN2O/c1-8(2)13-12(17)7-16(15-13)11-5-4-10(14)6-9(11)3/h4-7,17H,1H2,2-3H3. The molecule has 2 rings (SSSR count). The summed E-state index contributed by atoms with van der Waals surface area (Å²) in [7, 11) is 0. The van der Waals surface area contributed by atoms with Crippen molar-refractivity contribution in [3.63, 3.8) is 0 Å². The highest BCUT2D eigenvalue weighted by atomic mass is 19.1. The van der Waals surface area contributed by atoms with Crippen molar-refractivity contribution < 1.29 is 9.50 Å². The number of halogens is 1. The minimum atomic E-state index is -0.289. The molecule has 0 saturated heterocycles. The van der Waals surface area contributed by atoms with E-state index in [9.17, 15) is 9.50 Å². The lowest BCUT2D eigenvalue weighted by atomic mass is 10.2. The first-order chi connectivity index (χ1) is 7.99. The Morgan fingerprint density at radius 2 is 2.18 bits per heavy atom. The molecular formula is C13H13FN2O. The topological polar surface area (TPSA) is 38.0 Å². The van der Waals surface area contributed by atoms with Crippen molar-refractivity contribution in [3.05, 3.63) is 48.0 Å². The van der Waals surface area contributed by atoms with Gasteiger partial charge in [0.1, 0.15) is 11.5 Å². The van der Waals surface area contributed by atoms with Crippen LogP contribution in [0.25, 0.3) is 11.3 Å². The van der Waals surface area contributed by atoms with Crippen molar-refractivity contribution in [2.24, 2.45) is 0 Å². The normalized spacial score (nSPS) is 10.5. The molecule has 0 unspecified atom stereocenters. The first-order valence-electron chi connectivity index (χ1n) is 5.20. The Kier molecular flexibility index (Phi) is 2.71. The van der Waals surface area contributed by atoms with Crippen LogP contribution in [0.3, 0.4) is 0 Å². The zero-order chi connectivity index (χ0) is 12.6. The monoisotopic (exact) mass is 232 g/mol. The van der Waals surface area contributed by atoms with Gasteiger partial charge in [-0.2, -0.15) is 5.10 Å². The van der Waals surface area contributed by atoms with E-state index in [1.54, 1.807) is 19.9 Å². The van der Waals surface area contributed by atoms with Crippen molar-refractivity contribution >= 4 is 5.57 Å². The second-order valence-corrected chi connectivity index (χ2v) is 4.02. The van der Waals surface area contributed by atoms with Crippen LogP contribution in [0.4, 0.5) is 4.39 Å². The van der Waals surface area contributed by atoms with E-state index in [1.807, 2.05) is 0 Å². The largest absolute Gasteiger partial charge is 0.504 e. The summed E-state index contributed by atoms with van der Waals surface area (Å²) >= 11 is 0. The second-order valence-electron chi connectivity index (χ2n) is 4.02. The van der Waals surface area contributed by atoms with Crippen LogP contribution in [-0.2, 0) is 0 Å². The fraction of sp³-hybridized carbons (Fsp3) is 0.154. The molecule has 1 heterocycles. The van der Waals surface area contributed by atoms with Crippen LogP contribution < -0.4 is 0 Å². The van der Waals surface area contributed by atoms with E-state index in [-0.39, 0.29) is 11.6 Å². The highest BCUT2D eigenvalue weighted by molar-refractivity contribution is 5.63.